The molecule has 2 aromatic rings. The number of aromatic nitrogens is 1. The van der Waals surface area contributed by atoms with Crippen LogP contribution in [0.4, 0.5) is 5.82 Å². The topological polar surface area (TPSA) is 65.2 Å². The summed E-state index contributed by atoms with van der Waals surface area (Å²) in [5.74, 6) is 0.115. The zero-order chi connectivity index (χ0) is 15.6. The van der Waals surface area contributed by atoms with Crippen molar-refractivity contribution in [3.8, 4) is 11.3 Å². The van der Waals surface area contributed by atoms with E-state index in [-0.39, 0.29) is 5.97 Å². The number of hydrogen-bond acceptors (Lipinski definition) is 4. The van der Waals surface area contributed by atoms with Crippen molar-refractivity contribution < 1.29 is 9.53 Å². The van der Waals surface area contributed by atoms with Gasteiger partial charge in [-0.15, -0.1) is 0 Å². The van der Waals surface area contributed by atoms with Crippen molar-refractivity contribution in [2.45, 2.75) is 33.3 Å². The number of nitrogens with zero attached hydrogens (tertiary/aromatic N) is 1. The standard InChI is InChI=1S/C17H20N2O2/c1-11-8-9-14(18)19-15(11)12-6-5-7-13(10-12)16(20)21-17(2,3)4/h5-10H,1-4H3,(H2,18,19). The van der Waals surface area contributed by atoms with E-state index in [1.807, 2.05) is 45.9 Å². The minimum Gasteiger partial charge on any atom is -0.456 e. The van der Waals surface area contributed by atoms with Crippen molar-refractivity contribution in [1.29, 1.82) is 0 Å². The molecule has 0 bridgehead atoms. The SMILES string of the molecule is Cc1ccc(N)nc1-c1cccc(C(=O)OC(C)(C)C)c1. The molecule has 0 radical (unpaired) electrons. The monoisotopic (exact) mass is 284 g/mol. The van der Waals surface area contributed by atoms with Gasteiger partial charge in [0, 0.05) is 5.56 Å². The van der Waals surface area contributed by atoms with Crippen molar-refractivity contribution in [2.24, 2.45) is 0 Å². The van der Waals surface area contributed by atoms with E-state index in [4.69, 9.17) is 10.5 Å². The smallest absolute Gasteiger partial charge is 0.338 e. The van der Waals surface area contributed by atoms with E-state index in [0.29, 0.717) is 11.4 Å². The molecule has 4 nitrogen and oxygen atoms in total. The number of nitrogens with two attached hydrogens (primary N) is 1. The zero-order valence-electron chi connectivity index (χ0n) is 12.8. The lowest BCUT2D eigenvalue weighted by Gasteiger charge is -2.19. The summed E-state index contributed by atoms with van der Waals surface area (Å²) in [4.78, 5) is 16.5. The van der Waals surface area contributed by atoms with Gasteiger partial charge in [-0.25, -0.2) is 9.78 Å². The quantitative estimate of drug-likeness (QED) is 0.856. The molecule has 21 heavy (non-hydrogen) atoms. The second kappa shape index (κ2) is 5.56. The highest BCUT2D eigenvalue weighted by molar-refractivity contribution is 5.91. The van der Waals surface area contributed by atoms with Crippen LogP contribution in [0.3, 0.4) is 0 Å². The lowest BCUT2D eigenvalue weighted by Crippen LogP contribution is -2.23. The number of esters is 1. The largest absolute Gasteiger partial charge is 0.456 e. The Bertz CT molecular complexity index is 673. The average molecular weight is 284 g/mol. The van der Waals surface area contributed by atoms with Crippen molar-refractivity contribution in [3.05, 3.63) is 47.5 Å². The molecule has 0 aliphatic carbocycles. The van der Waals surface area contributed by atoms with Crippen LogP contribution in [-0.2, 0) is 4.74 Å². The fourth-order valence-corrected chi connectivity index (χ4v) is 1.97. The summed E-state index contributed by atoms with van der Waals surface area (Å²) in [6.45, 7) is 7.50. The first kappa shape index (κ1) is 15.0. The molecule has 2 rings (SSSR count). The van der Waals surface area contributed by atoms with E-state index in [0.717, 1.165) is 16.8 Å². The van der Waals surface area contributed by atoms with Crippen molar-refractivity contribution in [1.82, 2.24) is 4.98 Å². The van der Waals surface area contributed by atoms with Crippen molar-refractivity contribution >= 4 is 11.8 Å². The summed E-state index contributed by atoms with van der Waals surface area (Å²) >= 11 is 0. The van der Waals surface area contributed by atoms with Crippen LogP contribution in [0.25, 0.3) is 11.3 Å². The number of nitrogen functional groups attached to an aromatic ring is 1. The van der Waals surface area contributed by atoms with E-state index >= 15 is 0 Å². The molecule has 1 aromatic heterocycles. The third kappa shape index (κ3) is 3.81. The predicted molar refractivity (Wildman–Crippen MR) is 84.0 cm³/mol. The maximum atomic E-state index is 12.1. The zero-order valence-corrected chi connectivity index (χ0v) is 12.8. The minimum absolute atomic E-state index is 0.342. The van der Waals surface area contributed by atoms with Crippen LogP contribution in [0, 0.1) is 6.92 Å². The van der Waals surface area contributed by atoms with Gasteiger partial charge in [-0.2, -0.15) is 0 Å². The average Bonchev–Trinajstić information content (AvgIpc) is 2.40. The van der Waals surface area contributed by atoms with E-state index in [9.17, 15) is 4.79 Å². The number of carbonyl (C=O) groups is 1. The van der Waals surface area contributed by atoms with Crippen LogP contribution in [0.5, 0.6) is 0 Å². The molecule has 2 N–H and O–H groups in total. The second-order valence-corrected chi connectivity index (χ2v) is 5.98. The number of rotatable bonds is 2. The molecule has 0 spiro atoms. The Kier molecular flexibility index (Phi) is 3.98. The molecular weight excluding hydrogens is 264 g/mol. The fourth-order valence-electron chi connectivity index (χ4n) is 1.97. The number of ether oxygens (including phenoxy) is 1. The number of pyridine rings is 1. The molecule has 4 heteroatoms. The summed E-state index contributed by atoms with van der Waals surface area (Å²) in [6.07, 6.45) is 0. The number of carbonyl (C=O) groups excluding carboxylic acids is 1. The Labute approximate surface area is 125 Å². The summed E-state index contributed by atoms with van der Waals surface area (Å²) in [5.41, 5.74) is 8.37. The van der Waals surface area contributed by atoms with Gasteiger partial charge in [0.05, 0.1) is 11.3 Å². The Balaban J connectivity index is 2.38. The normalized spacial score (nSPS) is 11.2. The molecule has 0 fully saturated rings. The molecule has 0 unspecified atom stereocenters. The molecule has 0 aliphatic heterocycles. The van der Waals surface area contributed by atoms with Gasteiger partial charge in [-0.1, -0.05) is 18.2 Å². The van der Waals surface area contributed by atoms with Crippen LogP contribution in [-0.4, -0.2) is 16.6 Å². The van der Waals surface area contributed by atoms with Crippen molar-refractivity contribution in [2.75, 3.05) is 5.73 Å². The molecule has 0 aliphatic rings. The number of benzene rings is 1. The lowest BCUT2D eigenvalue weighted by atomic mass is 10.0. The molecule has 1 heterocycles. The van der Waals surface area contributed by atoms with Gasteiger partial charge in [0.2, 0.25) is 0 Å². The summed E-state index contributed by atoms with van der Waals surface area (Å²) in [5, 5.41) is 0. The van der Waals surface area contributed by atoms with E-state index in [1.165, 1.54) is 0 Å². The lowest BCUT2D eigenvalue weighted by molar-refractivity contribution is 0.00696. The highest BCUT2D eigenvalue weighted by Gasteiger charge is 2.18. The van der Waals surface area contributed by atoms with Gasteiger partial charge < -0.3 is 10.5 Å². The number of hydrogen-bond donors (Lipinski definition) is 1. The first-order valence-electron chi connectivity index (χ1n) is 6.83. The highest BCUT2D eigenvalue weighted by Crippen LogP contribution is 2.24. The molecule has 0 saturated carbocycles. The number of anilines is 1. The van der Waals surface area contributed by atoms with Crippen LogP contribution >= 0.6 is 0 Å². The summed E-state index contributed by atoms with van der Waals surface area (Å²) < 4.78 is 5.38. The van der Waals surface area contributed by atoms with E-state index in [2.05, 4.69) is 4.98 Å². The van der Waals surface area contributed by atoms with Gasteiger partial charge in [0.25, 0.3) is 0 Å². The maximum Gasteiger partial charge on any atom is 0.338 e. The molecule has 110 valence electrons. The minimum atomic E-state index is -0.515. The number of aryl methyl sites for hydroxylation is 1. The van der Waals surface area contributed by atoms with Crippen LogP contribution < -0.4 is 5.73 Å². The Morgan fingerprint density at radius 3 is 2.57 bits per heavy atom. The van der Waals surface area contributed by atoms with Crippen LogP contribution in [0.2, 0.25) is 0 Å². The first-order valence-corrected chi connectivity index (χ1v) is 6.83. The van der Waals surface area contributed by atoms with Crippen molar-refractivity contribution in [3.63, 3.8) is 0 Å². The van der Waals surface area contributed by atoms with Gasteiger partial charge >= 0.3 is 5.97 Å². The molecule has 0 atom stereocenters. The summed E-state index contributed by atoms with van der Waals surface area (Å²) in [7, 11) is 0. The third-order valence-corrected chi connectivity index (χ3v) is 2.89. The Morgan fingerprint density at radius 2 is 1.90 bits per heavy atom. The molecule has 0 saturated heterocycles. The van der Waals surface area contributed by atoms with Gasteiger partial charge in [0.1, 0.15) is 11.4 Å². The molecule has 1 aromatic carbocycles. The van der Waals surface area contributed by atoms with E-state index < -0.39 is 5.60 Å². The third-order valence-electron chi connectivity index (χ3n) is 2.89. The summed E-state index contributed by atoms with van der Waals surface area (Å²) in [6, 6.07) is 10.9. The predicted octanol–water partition coefficient (Wildman–Crippen LogP) is 3.59. The van der Waals surface area contributed by atoms with Gasteiger partial charge in [-0.05, 0) is 51.5 Å². The van der Waals surface area contributed by atoms with Crippen LogP contribution in [0.15, 0.2) is 36.4 Å². The first-order chi connectivity index (χ1) is 9.76. The maximum absolute atomic E-state index is 12.1. The van der Waals surface area contributed by atoms with Gasteiger partial charge in [-0.3, -0.25) is 0 Å². The molecular formula is C17H20N2O2. The Morgan fingerprint density at radius 1 is 1.19 bits per heavy atom. The fraction of sp³-hybridized carbons (Fsp3) is 0.294. The highest BCUT2D eigenvalue weighted by atomic mass is 16.6. The van der Waals surface area contributed by atoms with Gasteiger partial charge in [0.15, 0.2) is 0 Å². The molecule has 0 amide bonds. The van der Waals surface area contributed by atoms with Crippen LogP contribution in [0.1, 0.15) is 36.7 Å². The van der Waals surface area contributed by atoms with E-state index in [1.54, 1.807) is 18.2 Å². The second-order valence-electron chi connectivity index (χ2n) is 5.98. The Hall–Kier alpha value is -2.36.